The van der Waals surface area contributed by atoms with Gasteiger partial charge in [0, 0.05) is 39.2 Å². The maximum Gasteiger partial charge on any atom is 0.165 e. The summed E-state index contributed by atoms with van der Waals surface area (Å²) < 4.78 is 2.06. The molecule has 0 bridgehead atoms. The molecule has 51 heavy (non-hydrogen) atoms. The SMILES string of the molecule is C1=Cc2nc(-c3cccc(-c4ccc(-c5nc6c(nc7ccccn76)c6ccccc56)cc4)c3)nc(-c3cccc(-c4ccccc4)c3)c2CC1. The van der Waals surface area contributed by atoms with Crippen LogP contribution in [0, 0.1) is 0 Å². The van der Waals surface area contributed by atoms with E-state index in [1.54, 1.807) is 0 Å². The number of hydrogen-bond donors (Lipinski definition) is 0. The Morgan fingerprint density at radius 1 is 0.471 bits per heavy atom. The van der Waals surface area contributed by atoms with Gasteiger partial charge in [0.2, 0.25) is 0 Å². The molecule has 9 aromatic rings. The number of pyridine rings is 2. The lowest BCUT2D eigenvalue weighted by Crippen LogP contribution is -2.05. The van der Waals surface area contributed by atoms with Crippen LogP contribution in [0.4, 0.5) is 0 Å². The van der Waals surface area contributed by atoms with Gasteiger partial charge in [-0.3, -0.25) is 4.40 Å². The first-order chi connectivity index (χ1) is 25.3. The zero-order valence-electron chi connectivity index (χ0n) is 27.7. The van der Waals surface area contributed by atoms with Crippen LogP contribution in [0.25, 0.3) is 89.8 Å². The molecule has 5 nitrogen and oxygen atoms in total. The number of fused-ring (bicyclic) bond motifs is 6. The molecule has 0 aliphatic heterocycles. The summed E-state index contributed by atoms with van der Waals surface area (Å²) in [5, 5.41) is 2.19. The van der Waals surface area contributed by atoms with Gasteiger partial charge < -0.3 is 0 Å². The van der Waals surface area contributed by atoms with Crippen molar-refractivity contribution in [2.75, 3.05) is 0 Å². The average molecular weight is 654 g/mol. The van der Waals surface area contributed by atoms with Crippen LogP contribution in [0.15, 0.2) is 158 Å². The molecule has 0 unspecified atom stereocenters. The van der Waals surface area contributed by atoms with E-state index in [4.69, 9.17) is 19.9 Å². The van der Waals surface area contributed by atoms with Crippen molar-refractivity contribution in [2.24, 2.45) is 0 Å². The molecule has 5 heteroatoms. The Morgan fingerprint density at radius 2 is 1.14 bits per heavy atom. The zero-order valence-corrected chi connectivity index (χ0v) is 27.7. The van der Waals surface area contributed by atoms with Crippen molar-refractivity contribution in [1.82, 2.24) is 24.3 Å². The van der Waals surface area contributed by atoms with Gasteiger partial charge in [0.15, 0.2) is 11.5 Å². The molecule has 0 amide bonds. The molecule has 0 radical (unpaired) electrons. The monoisotopic (exact) mass is 653 g/mol. The van der Waals surface area contributed by atoms with Crippen LogP contribution in [0.5, 0.6) is 0 Å². The van der Waals surface area contributed by atoms with Crippen LogP contribution in [0.3, 0.4) is 0 Å². The van der Waals surface area contributed by atoms with Gasteiger partial charge in [-0.25, -0.2) is 19.9 Å². The molecule has 4 heterocycles. The number of hydrogen-bond acceptors (Lipinski definition) is 4. The highest BCUT2D eigenvalue weighted by Crippen LogP contribution is 2.36. The molecule has 0 N–H and O–H groups in total. The minimum absolute atomic E-state index is 0.732. The lowest BCUT2D eigenvalue weighted by molar-refractivity contribution is 0.947. The van der Waals surface area contributed by atoms with Crippen molar-refractivity contribution in [3.8, 4) is 56.2 Å². The summed E-state index contributed by atoms with van der Waals surface area (Å²) in [6.45, 7) is 0. The first-order valence-electron chi connectivity index (χ1n) is 17.4. The average Bonchev–Trinajstić information content (AvgIpc) is 3.59. The predicted molar refractivity (Wildman–Crippen MR) is 208 cm³/mol. The van der Waals surface area contributed by atoms with Gasteiger partial charge in [-0.15, -0.1) is 0 Å². The minimum Gasteiger partial charge on any atom is -0.284 e. The maximum atomic E-state index is 5.26. The van der Waals surface area contributed by atoms with E-state index < -0.39 is 0 Å². The van der Waals surface area contributed by atoms with Crippen LogP contribution < -0.4 is 0 Å². The molecular weight excluding hydrogens is 623 g/mol. The van der Waals surface area contributed by atoms with Gasteiger partial charge in [0.25, 0.3) is 0 Å². The summed E-state index contributed by atoms with van der Waals surface area (Å²) in [7, 11) is 0. The topological polar surface area (TPSA) is 56.0 Å². The summed E-state index contributed by atoms with van der Waals surface area (Å²) in [5.74, 6) is 0.732. The quantitative estimate of drug-likeness (QED) is 0.185. The van der Waals surface area contributed by atoms with Gasteiger partial charge in [-0.2, -0.15) is 0 Å². The number of rotatable bonds is 5. The third kappa shape index (κ3) is 5.10. The van der Waals surface area contributed by atoms with Gasteiger partial charge in [-0.05, 0) is 65.4 Å². The fourth-order valence-electron chi connectivity index (χ4n) is 7.36. The Kier molecular flexibility index (Phi) is 6.88. The molecule has 0 spiro atoms. The van der Waals surface area contributed by atoms with E-state index in [1.807, 2.05) is 24.4 Å². The number of benzene rings is 5. The molecule has 0 saturated heterocycles. The molecule has 0 atom stereocenters. The lowest BCUT2D eigenvalue weighted by Gasteiger charge is -2.17. The van der Waals surface area contributed by atoms with Crippen LogP contribution in [0.1, 0.15) is 17.7 Å². The highest BCUT2D eigenvalue weighted by molar-refractivity contribution is 6.09. The number of nitrogens with zero attached hydrogens (tertiary/aromatic N) is 5. The Balaban J connectivity index is 1.03. The van der Waals surface area contributed by atoms with Crippen LogP contribution in [0.2, 0.25) is 0 Å². The van der Waals surface area contributed by atoms with Crippen molar-refractivity contribution in [1.29, 1.82) is 0 Å². The highest BCUT2D eigenvalue weighted by atomic mass is 15.1. The summed E-state index contributed by atoms with van der Waals surface area (Å²) in [6, 6.07) is 51.0. The summed E-state index contributed by atoms with van der Waals surface area (Å²) in [5.41, 5.74) is 14.6. The highest BCUT2D eigenvalue weighted by Gasteiger charge is 2.19. The van der Waals surface area contributed by atoms with Crippen molar-refractivity contribution in [2.45, 2.75) is 12.8 Å². The van der Waals surface area contributed by atoms with Crippen LogP contribution in [-0.2, 0) is 6.42 Å². The van der Waals surface area contributed by atoms with Crippen molar-refractivity contribution < 1.29 is 0 Å². The Hall–Kier alpha value is -6.72. The van der Waals surface area contributed by atoms with Gasteiger partial charge >= 0.3 is 0 Å². The van der Waals surface area contributed by atoms with Crippen molar-refractivity contribution in [3.63, 3.8) is 0 Å². The largest absolute Gasteiger partial charge is 0.284 e. The van der Waals surface area contributed by atoms with E-state index in [-0.39, 0.29) is 0 Å². The third-order valence-corrected chi connectivity index (χ3v) is 9.89. The first-order valence-corrected chi connectivity index (χ1v) is 17.4. The second-order valence-electron chi connectivity index (χ2n) is 13.0. The fraction of sp³-hybridized carbons (Fsp3) is 0.0435. The normalized spacial score (nSPS) is 12.5. The molecule has 5 aromatic carbocycles. The summed E-state index contributed by atoms with van der Waals surface area (Å²) in [4.78, 5) is 20.5. The van der Waals surface area contributed by atoms with E-state index in [9.17, 15) is 0 Å². The van der Waals surface area contributed by atoms with E-state index >= 15 is 0 Å². The van der Waals surface area contributed by atoms with E-state index in [0.29, 0.717) is 0 Å². The Labute approximate surface area is 295 Å². The fourth-order valence-corrected chi connectivity index (χ4v) is 7.36. The second kappa shape index (κ2) is 12.0. The van der Waals surface area contributed by atoms with Crippen molar-refractivity contribution >= 4 is 33.7 Å². The molecule has 1 aliphatic rings. The van der Waals surface area contributed by atoms with Crippen LogP contribution >= 0.6 is 0 Å². The van der Waals surface area contributed by atoms with E-state index in [0.717, 1.165) is 91.1 Å². The smallest absolute Gasteiger partial charge is 0.165 e. The van der Waals surface area contributed by atoms with Gasteiger partial charge in [0.1, 0.15) is 11.2 Å². The van der Waals surface area contributed by atoms with Gasteiger partial charge in [0.05, 0.1) is 17.1 Å². The number of imidazole rings is 1. The third-order valence-electron chi connectivity index (χ3n) is 9.89. The van der Waals surface area contributed by atoms with Gasteiger partial charge in [-0.1, -0.05) is 127 Å². The van der Waals surface area contributed by atoms with Crippen molar-refractivity contribution in [3.05, 3.63) is 169 Å². The summed E-state index contributed by atoms with van der Waals surface area (Å²) >= 11 is 0. The lowest BCUT2D eigenvalue weighted by atomic mass is 9.94. The maximum absolute atomic E-state index is 5.26. The molecule has 0 saturated carbocycles. The zero-order chi connectivity index (χ0) is 33.7. The Bertz CT molecular complexity index is 2800. The van der Waals surface area contributed by atoms with E-state index in [1.165, 1.54) is 16.7 Å². The molecule has 0 fully saturated rings. The molecule has 240 valence electrons. The molecule has 4 aromatic heterocycles. The predicted octanol–water partition coefficient (Wildman–Crippen LogP) is 11.1. The molecule has 1 aliphatic carbocycles. The molecular formula is C46H31N5. The minimum atomic E-state index is 0.732. The van der Waals surface area contributed by atoms with Crippen LogP contribution in [-0.4, -0.2) is 24.3 Å². The summed E-state index contributed by atoms with van der Waals surface area (Å²) in [6.07, 6.45) is 8.31. The number of allylic oxidation sites excluding steroid dienone is 1. The first kappa shape index (κ1) is 29.2. The van der Waals surface area contributed by atoms with E-state index in [2.05, 4.69) is 144 Å². The molecule has 10 rings (SSSR count). The Morgan fingerprint density at radius 3 is 1.98 bits per heavy atom. The standard InChI is InChI=1S/C46H31N5/c1-2-12-30(13-3-1)33-14-10-16-35(28-33)43-39-20-6-7-21-40(39)47-45(49-43)36-17-11-15-34(29-36)31-23-25-32(26-24-31)42-37-18-4-5-19-38(37)44-46(50-42)51-27-9-8-22-41(51)48-44/h1-5,7-19,21-29H,6,20H2. The second-order valence-corrected chi connectivity index (χ2v) is 13.0. The number of aromatic nitrogens is 5.